The van der Waals surface area contributed by atoms with Crippen molar-refractivity contribution in [2.45, 2.75) is 72.3 Å². The summed E-state index contributed by atoms with van der Waals surface area (Å²) in [5, 5.41) is 0. The third kappa shape index (κ3) is 5.54. The maximum Gasteiger partial charge on any atom is 0.338 e. The Morgan fingerprint density at radius 3 is 2.14 bits per heavy atom. The van der Waals surface area contributed by atoms with Crippen molar-refractivity contribution < 1.29 is 9.53 Å². The van der Waals surface area contributed by atoms with E-state index >= 15 is 0 Å². The zero-order valence-electron chi connectivity index (χ0n) is 22.6. The molecule has 0 unspecified atom stereocenters. The van der Waals surface area contributed by atoms with Crippen LogP contribution in [-0.2, 0) is 9.53 Å². The zero-order valence-corrected chi connectivity index (χ0v) is 23.4. The number of nitrogens with zero attached hydrogens (tertiary/aromatic N) is 2. The molecule has 1 atom stereocenters. The number of hydrogen-bond acceptors (Lipinski definition) is 5. The fourth-order valence-electron chi connectivity index (χ4n) is 4.63. The fourth-order valence-corrected chi connectivity index (χ4v) is 5.65. The van der Waals surface area contributed by atoms with Crippen molar-refractivity contribution in [1.82, 2.24) is 4.57 Å². The molecular weight excluding hydrogens is 480 g/mol. The molecule has 4 rings (SSSR count). The number of fused-ring (bicyclic) bond motifs is 1. The highest BCUT2D eigenvalue weighted by molar-refractivity contribution is 7.07. The zero-order chi connectivity index (χ0) is 26.7. The number of allylic oxidation sites excluding steroid dienone is 1. The maximum atomic E-state index is 13.9. The van der Waals surface area contributed by atoms with E-state index in [-0.39, 0.29) is 12.2 Å². The van der Waals surface area contributed by atoms with Crippen LogP contribution in [0.25, 0.3) is 6.08 Å². The third-order valence-electron chi connectivity index (χ3n) is 6.71. The van der Waals surface area contributed by atoms with Gasteiger partial charge in [0, 0.05) is 0 Å². The molecule has 2 aromatic carbocycles. The lowest BCUT2D eigenvalue weighted by atomic mass is 9.92. The maximum absolute atomic E-state index is 13.9. The van der Waals surface area contributed by atoms with Gasteiger partial charge in [-0.25, -0.2) is 9.79 Å². The minimum absolute atomic E-state index is 0.146. The van der Waals surface area contributed by atoms with Crippen LogP contribution in [0.5, 0.6) is 0 Å². The largest absolute Gasteiger partial charge is 0.463 e. The van der Waals surface area contributed by atoms with Gasteiger partial charge in [-0.15, -0.1) is 0 Å². The standard InChI is InChI=1S/C31H36N2O3S/c1-7-9-25-27(30(35)36-8-2)28(24-16-14-23(15-17-24)20(5)6)33-29(34)26(37-31(33)32-25)18-21-10-12-22(13-11-21)19(3)4/h10-20,28H,7-9H2,1-6H3/b26-18-/t28-/m0/s1. The van der Waals surface area contributed by atoms with Crippen molar-refractivity contribution >= 4 is 23.4 Å². The summed E-state index contributed by atoms with van der Waals surface area (Å²) in [6.45, 7) is 12.7. The number of hydrogen-bond donors (Lipinski definition) is 0. The lowest BCUT2D eigenvalue weighted by Crippen LogP contribution is -2.40. The fraction of sp³-hybridized carbons (Fsp3) is 0.387. The van der Waals surface area contributed by atoms with Crippen molar-refractivity contribution in [1.29, 1.82) is 0 Å². The summed E-state index contributed by atoms with van der Waals surface area (Å²) in [4.78, 5) is 32.6. The van der Waals surface area contributed by atoms with Gasteiger partial charge in [0.2, 0.25) is 0 Å². The monoisotopic (exact) mass is 516 g/mol. The summed E-state index contributed by atoms with van der Waals surface area (Å²) in [5.74, 6) is 0.416. The number of ether oxygens (including phenoxy) is 1. The number of thiazole rings is 1. The van der Waals surface area contributed by atoms with Gasteiger partial charge in [0.05, 0.1) is 28.5 Å². The molecule has 0 spiro atoms. The first-order chi connectivity index (χ1) is 17.7. The molecule has 0 bridgehead atoms. The molecule has 0 aliphatic carbocycles. The van der Waals surface area contributed by atoms with Gasteiger partial charge in [-0.05, 0) is 53.5 Å². The normalized spacial score (nSPS) is 15.8. The van der Waals surface area contributed by atoms with Gasteiger partial charge in [0.15, 0.2) is 4.80 Å². The predicted molar refractivity (Wildman–Crippen MR) is 151 cm³/mol. The minimum atomic E-state index is -0.580. The molecule has 0 saturated heterocycles. The van der Waals surface area contributed by atoms with Gasteiger partial charge in [0.1, 0.15) is 0 Å². The van der Waals surface area contributed by atoms with Crippen molar-refractivity contribution in [2.24, 2.45) is 4.99 Å². The Bertz CT molecular complexity index is 1470. The molecule has 0 saturated carbocycles. The molecule has 194 valence electrons. The van der Waals surface area contributed by atoms with E-state index < -0.39 is 12.0 Å². The van der Waals surface area contributed by atoms with Crippen LogP contribution in [0.4, 0.5) is 0 Å². The number of rotatable bonds is 8. The Hall–Kier alpha value is -3.25. The van der Waals surface area contributed by atoms with E-state index in [1.807, 2.05) is 30.3 Å². The smallest absolute Gasteiger partial charge is 0.338 e. The summed E-state index contributed by atoms with van der Waals surface area (Å²) in [6.07, 6.45) is 3.38. The first-order valence-corrected chi connectivity index (χ1v) is 14.0. The minimum Gasteiger partial charge on any atom is -0.463 e. The van der Waals surface area contributed by atoms with E-state index in [9.17, 15) is 9.59 Å². The number of aromatic nitrogens is 1. The summed E-state index contributed by atoms with van der Waals surface area (Å²) in [5.41, 5.74) is 5.32. The summed E-state index contributed by atoms with van der Waals surface area (Å²) < 4.78 is 7.76. The van der Waals surface area contributed by atoms with E-state index in [1.165, 1.54) is 22.5 Å². The van der Waals surface area contributed by atoms with Crippen molar-refractivity contribution in [2.75, 3.05) is 6.61 Å². The second-order valence-corrected chi connectivity index (χ2v) is 11.1. The van der Waals surface area contributed by atoms with E-state index in [0.717, 1.165) is 17.5 Å². The van der Waals surface area contributed by atoms with Gasteiger partial charge in [-0.1, -0.05) is 101 Å². The van der Waals surface area contributed by atoms with Crippen LogP contribution >= 0.6 is 11.3 Å². The molecule has 3 aromatic rings. The number of carbonyl (C=O) groups excluding carboxylic acids is 1. The Labute approximate surface area is 222 Å². The van der Waals surface area contributed by atoms with Gasteiger partial charge in [0.25, 0.3) is 5.56 Å². The van der Waals surface area contributed by atoms with Gasteiger partial charge in [-0.3, -0.25) is 9.36 Å². The van der Waals surface area contributed by atoms with Crippen molar-refractivity contribution in [3.63, 3.8) is 0 Å². The topological polar surface area (TPSA) is 60.7 Å². The van der Waals surface area contributed by atoms with Crippen LogP contribution in [0.2, 0.25) is 0 Å². The summed E-state index contributed by atoms with van der Waals surface area (Å²) >= 11 is 1.37. The molecule has 0 N–H and O–H groups in total. The third-order valence-corrected chi connectivity index (χ3v) is 7.69. The van der Waals surface area contributed by atoms with Crippen LogP contribution in [0.3, 0.4) is 0 Å². The molecule has 0 amide bonds. The van der Waals surface area contributed by atoms with E-state index in [4.69, 9.17) is 9.73 Å². The molecule has 37 heavy (non-hydrogen) atoms. The highest BCUT2D eigenvalue weighted by Crippen LogP contribution is 2.33. The van der Waals surface area contributed by atoms with E-state index in [2.05, 4.69) is 58.9 Å². The Morgan fingerprint density at radius 2 is 1.59 bits per heavy atom. The Kier molecular flexibility index (Phi) is 8.28. The first-order valence-electron chi connectivity index (χ1n) is 13.2. The average molecular weight is 517 g/mol. The molecular formula is C31H36N2O3S. The van der Waals surface area contributed by atoms with Crippen LogP contribution in [-0.4, -0.2) is 17.1 Å². The molecule has 1 aromatic heterocycles. The Balaban J connectivity index is 1.93. The van der Waals surface area contributed by atoms with Crippen LogP contribution in [0, 0.1) is 0 Å². The van der Waals surface area contributed by atoms with E-state index in [0.29, 0.717) is 38.9 Å². The number of esters is 1. The van der Waals surface area contributed by atoms with Crippen LogP contribution in [0.1, 0.15) is 94.5 Å². The highest BCUT2D eigenvalue weighted by Gasteiger charge is 2.34. The molecule has 6 heteroatoms. The molecule has 2 heterocycles. The van der Waals surface area contributed by atoms with Gasteiger partial charge < -0.3 is 4.74 Å². The lowest BCUT2D eigenvalue weighted by molar-refractivity contribution is -0.139. The SMILES string of the molecule is CCCC1=C(C(=O)OCC)[C@H](c2ccc(C(C)C)cc2)n2c(s/c(=C\c3ccc(C(C)C)cc3)c2=O)=N1. The van der Waals surface area contributed by atoms with Crippen molar-refractivity contribution in [3.8, 4) is 0 Å². The number of benzene rings is 2. The quantitative estimate of drug-likeness (QED) is 0.354. The Morgan fingerprint density at radius 1 is 1.00 bits per heavy atom. The van der Waals surface area contributed by atoms with Gasteiger partial charge in [-0.2, -0.15) is 0 Å². The second kappa shape index (κ2) is 11.4. The molecule has 5 nitrogen and oxygen atoms in total. The van der Waals surface area contributed by atoms with Crippen LogP contribution < -0.4 is 14.9 Å². The second-order valence-electron chi connectivity index (χ2n) is 10.1. The first kappa shape index (κ1) is 26.8. The average Bonchev–Trinajstić information content (AvgIpc) is 3.18. The predicted octanol–water partition coefficient (Wildman–Crippen LogP) is 5.83. The molecule has 1 aliphatic heterocycles. The highest BCUT2D eigenvalue weighted by atomic mass is 32.1. The summed E-state index contributed by atoms with van der Waals surface area (Å²) in [7, 11) is 0. The molecule has 0 fully saturated rings. The number of carbonyl (C=O) groups is 1. The van der Waals surface area contributed by atoms with Crippen molar-refractivity contribution in [3.05, 3.63) is 102 Å². The lowest BCUT2D eigenvalue weighted by Gasteiger charge is -2.26. The molecule has 0 radical (unpaired) electrons. The molecule has 1 aliphatic rings. The van der Waals surface area contributed by atoms with Crippen LogP contribution in [0.15, 0.2) is 69.6 Å². The van der Waals surface area contributed by atoms with E-state index in [1.54, 1.807) is 11.5 Å². The van der Waals surface area contributed by atoms with Gasteiger partial charge >= 0.3 is 5.97 Å². The summed E-state index contributed by atoms with van der Waals surface area (Å²) in [6, 6.07) is 15.9.